The summed E-state index contributed by atoms with van der Waals surface area (Å²) in [5, 5.41) is 15.7. The standard InChI is InChI=1S/C22H19NO8S2/c1-28-19-9-17-14(7-22(24)25)12-32-21(17)10-20(19)29-11-15-8-18(30-23-15)13-4-3-5-16(6-13)31-33(2,26)27/h3-6,8-10,12H,7,11H2,1-2H3,(H,24,25). The molecule has 1 N–H and O–H groups in total. The zero-order chi connectivity index (χ0) is 23.6. The number of nitrogens with zero attached hydrogens (tertiary/aromatic N) is 1. The monoisotopic (exact) mass is 489 g/mol. The minimum Gasteiger partial charge on any atom is -0.493 e. The molecule has 172 valence electrons. The van der Waals surface area contributed by atoms with Crippen LogP contribution < -0.4 is 13.7 Å². The average Bonchev–Trinajstić information content (AvgIpc) is 3.37. The number of aromatic nitrogens is 1. The molecule has 0 amide bonds. The predicted octanol–water partition coefficient (Wildman–Crippen LogP) is 4.11. The van der Waals surface area contributed by atoms with Gasteiger partial charge in [0.25, 0.3) is 0 Å². The summed E-state index contributed by atoms with van der Waals surface area (Å²) in [6, 6.07) is 11.7. The fraction of sp³-hybridized carbons (Fsp3) is 0.182. The number of rotatable bonds is 9. The molecule has 0 spiro atoms. The number of hydrogen-bond acceptors (Lipinski definition) is 9. The molecule has 2 heterocycles. The highest BCUT2D eigenvalue weighted by atomic mass is 32.2. The summed E-state index contributed by atoms with van der Waals surface area (Å²) < 4.78 is 45.2. The topological polar surface area (TPSA) is 125 Å². The van der Waals surface area contributed by atoms with Gasteiger partial charge in [-0.15, -0.1) is 11.3 Å². The maximum absolute atomic E-state index is 11.3. The van der Waals surface area contributed by atoms with E-state index in [1.165, 1.54) is 30.6 Å². The molecule has 0 saturated carbocycles. The van der Waals surface area contributed by atoms with Crippen LogP contribution in [0.5, 0.6) is 17.2 Å². The lowest BCUT2D eigenvalue weighted by molar-refractivity contribution is -0.136. The van der Waals surface area contributed by atoms with Gasteiger partial charge >= 0.3 is 16.1 Å². The maximum atomic E-state index is 11.3. The maximum Gasteiger partial charge on any atom is 0.307 e. The zero-order valence-electron chi connectivity index (χ0n) is 17.6. The Labute approximate surface area is 193 Å². The lowest BCUT2D eigenvalue weighted by Crippen LogP contribution is -2.05. The van der Waals surface area contributed by atoms with E-state index in [1.54, 1.807) is 30.3 Å². The van der Waals surface area contributed by atoms with E-state index in [-0.39, 0.29) is 18.8 Å². The average molecular weight is 490 g/mol. The summed E-state index contributed by atoms with van der Waals surface area (Å²) in [7, 11) is -2.13. The number of hydrogen-bond donors (Lipinski definition) is 1. The van der Waals surface area contributed by atoms with Crippen molar-refractivity contribution >= 4 is 37.5 Å². The van der Waals surface area contributed by atoms with Crippen molar-refractivity contribution in [2.75, 3.05) is 13.4 Å². The fourth-order valence-corrected chi connectivity index (χ4v) is 4.63. The molecule has 0 radical (unpaired) electrons. The third-order valence-electron chi connectivity index (χ3n) is 4.58. The van der Waals surface area contributed by atoms with E-state index in [2.05, 4.69) is 5.16 Å². The molecule has 33 heavy (non-hydrogen) atoms. The Balaban J connectivity index is 1.51. The molecule has 2 aromatic heterocycles. The Morgan fingerprint density at radius 1 is 1.18 bits per heavy atom. The van der Waals surface area contributed by atoms with Crippen molar-refractivity contribution in [1.82, 2.24) is 5.16 Å². The van der Waals surface area contributed by atoms with Crippen LogP contribution in [0.15, 0.2) is 52.4 Å². The van der Waals surface area contributed by atoms with Crippen LogP contribution in [0.4, 0.5) is 0 Å². The highest BCUT2D eigenvalue weighted by molar-refractivity contribution is 7.86. The van der Waals surface area contributed by atoms with Crippen LogP contribution in [0, 0.1) is 0 Å². The number of benzene rings is 2. The number of ether oxygens (including phenoxy) is 2. The highest BCUT2D eigenvalue weighted by Gasteiger charge is 2.15. The van der Waals surface area contributed by atoms with E-state index in [9.17, 15) is 13.2 Å². The van der Waals surface area contributed by atoms with Gasteiger partial charge in [-0.25, -0.2) is 0 Å². The van der Waals surface area contributed by atoms with Gasteiger partial charge in [-0.1, -0.05) is 17.3 Å². The van der Waals surface area contributed by atoms with Crippen molar-refractivity contribution in [1.29, 1.82) is 0 Å². The quantitative estimate of drug-likeness (QED) is 0.346. The number of thiophene rings is 1. The highest BCUT2D eigenvalue weighted by Crippen LogP contribution is 2.37. The van der Waals surface area contributed by atoms with Crippen LogP contribution in [-0.2, 0) is 27.9 Å². The largest absolute Gasteiger partial charge is 0.493 e. The minimum atomic E-state index is -3.64. The molecule has 4 aromatic rings. The van der Waals surface area contributed by atoms with E-state index < -0.39 is 16.1 Å². The summed E-state index contributed by atoms with van der Waals surface area (Å²) in [4.78, 5) is 11.1. The van der Waals surface area contributed by atoms with Crippen LogP contribution in [0.3, 0.4) is 0 Å². The molecular formula is C22H19NO8S2. The van der Waals surface area contributed by atoms with Gasteiger partial charge in [0.15, 0.2) is 17.3 Å². The summed E-state index contributed by atoms with van der Waals surface area (Å²) in [6.45, 7) is 0.0955. The lowest BCUT2D eigenvalue weighted by atomic mass is 10.1. The second-order valence-corrected chi connectivity index (χ2v) is 9.60. The normalized spacial score (nSPS) is 11.5. The van der Waals surface area contributed by atoms with Crippen molar-refractivity contribution in [2.24, 2.45) is 0 Å². The molecule has 0 aliphatic carbocycles. The molecule has 0 aliphatic heterocycles. The molecule has 0 fully saturated rings. The smallest absolute Gasteiger partial charge is 0.307 e. The molecule has 11 heteroatoms. The molecule has 2 aromatic carbocycles. The Morgan fingerprint density at radius 2 is 2.00 bits per heavy atom. The SMILES string of the molecule is COc1cc2c(CC(=O)O)csc2cc1OCc1cc(-c2cccc(OS(C)(=O)=O)c2)on1. The van der Waals surface area contributed by atoms with Gasteiger partial charge in [0.05, 0.1) is 19.8 Å². The lowest BCUT2D eigenvalue weighted by Gasteiger charge is -2.10. The second-order valence-electron chi connectivity index (χ2n) is 7.12. The Bertz CT molecular complexity index is 1420. The first-order valence-corrected chi connectivity index (χ1v) is 12.3. The summed E-state index contributed by atoms with van der Waals surface area (Å²) in [5.41, 5.74) is 1.83. The summed E-state index contributed by atoms with van der Waals surface area (Å²) in [5.74, 6) is 0.653. The third-order valence-corrected chi connectivity index (χ3v) is 6.07. The first kappa shape index (κ1) is 22.6. The zero-order valence-corrected chi connectivity index (χ0v) is 19.2. The third kappa shape index (κ3) is 5.44. The van der Waals surface area contributed by atoms with Gasteiger partial charge in [0, 0.05) is 27.8 Å². The van der Waals surface area contributed by atoms with Crippen molar-refractivity contribution in [3.05, 3.63) is 59.1 Å². The van der Waals surface area contributed by atoms with Gasteiger partial charge in [-0.05, 0) is 29.1 Å². The number of carboxylic acid groups (broad SMARTS) is 1. The molecule has 0 unspecified atom stereocenters. The van der Waals surface area contributed by atoms with E-state index in [0.717, 1.165) is 21.9 Å². The molecule has 9 nitrogen and oxygen atoms in total. The number of carbonyl (C=O) groups is 1. The molecule has 4 rings (SSSR count). The van der Waals surface area contributed by atoms with E-state index in [0.29, 0.717) is 28.5 Å². The van der Waals surface area contributed by atoms with Crippen LogP contribution >= 0.6 is 11.3 Å². The van der Waals surface area contributed by atoms with Crippen LogP contribution in [0.25, 0.3) is 21.4 Å². The molecule has 0 atom stereocenters. The summed E-state index contributed by atoms with van der Waals surface area (Å²) in [6.07, 6.45) is 0.903. The summed E-state index contributed by atoms with van der Waals surface area (Å²) >= 11 is 1.43. The minimum absolute atomic E-state index is 0.0680. The molecule has 0 saturated heterocycles. The van der Waals surface area contributed by atoms with Crippen molar-refractivity contribution < 1.29 is 36.5 Å². The van der Waals surface area contributed by atoms with Crippen molar-refractivity contribution in [3.63, 3.8) is 0 Å². The van der Waals surface area contributed by atoms with E-state index >= 15 is 0 Å². The second kappa shape index (κ2) is 9.12. The first-order chi connectivity index (χ1) is 15.7. The van der Waals surface area contributed by atoms with E-state index in [1.807, 2.05) is 5.38 Å². The van der Waals surface area contributed by atoms with Crippen molar-refractivity contribution in [3.8, 4) is 28.6 Å². The van der Waals surface area contributed by atoms with E-state index in [4.69, 9.17) is 23.3 Å². The first-order valence-electron chi connectivity index (χ1n) is 9.60. The Hall–Kier alpha value is -3.57. The fourth-order valence-electron chi connectivity index (χ4n) is 3.20. The van der Waals surface area contributed by atoms with Gasteiger partial charge in [0.1, 0.15) is 18.1 Å². The van der Waals surface area contributed by atoms with Crippen LogP contribution in [0.1, 0.15) is 11.3 Å². The van der Waals surface area contributed by atoms with Crippen LogP contribution in [0.2, 0.25) is 0 Å². The predicted molar refractivity (Wildman–Crippen MR) is 121 cm³/mol. The van der Waals surface area contributed by atoms with Gasteiger partial charge in [-0.2, -0.15) is 8.42 Å². The van der Waals surface area contributed by atoms with Gasteiger partial charge < -0.3 is 23.3 Å². The number of methoxy groups -OCH3 is 1. The van der Waals surface area contributed by atoms with Gasteiger partial charge in [0.2, 0.25) is 0 Å². The number of carboxylic acids is 1. The Kier molecular flexibility index (Phi) is 6.25. The molecular weight excluding hydrogens is 470 g/mol. The Morgan fingerprint density at radius 3 is 2.73 bits per heavy atom. The van der Waals surface area contributed by atoms with Crippen LogP contribution in [-0.4, -0.2) is 38.0 Å². The number of fused-ring (bicyclic) bond motifs is 1. The molecule has 0 bridgehead atoms. The molecule has 0 aliphatic rings. The van der Waals surface area contributed by atoms with Crippen molar-refractivity contribution in [2.45, 2.75) is 13.0 Å². The van der Waals surface area contributed by atoms with Gasteiger partial charge in [-0.3, -0.25) is 4.79 Å². The number of aliphatic carboxylic acids is 1.